The average molecular weight is 910 g/mol. The number of thiophene rings is 1. The summed E-state index contributed by atoms with van der Waals surface area (Å²) in [4.78, 5) is 2.46. The highest BCUT2D eigenvalue weighted by Gasteiger charge is 2.47. The molecule has 0 unspecified atom stereocenters. The van der Waals surface area contributed by atoms with E-state index in [0.29, 0.717) is 0 Å². The Hall–Kier alpha value is -8.76. The van der Waals surface area contributed by atoms with E-state index < -0.39 is 5.41 Å². The predicted molar refractivity (Wildman–Crippen MR) is 295 cm³/mol. The van der Waals surface area contributed by atoms with E-state index in [1.54, 1.807) is 0 Å². The van der Waals surface area contributed by atoms with Crippen molar-refractivity contribution in [1.29, 1.82) is 0 Å². The largest absolute Gasteiger partial charge is 0.456 e. The van der Waals surface area contributed by atoms with Crippen LogP contribution >= 0.6 is 11.3 Å². The summed E-state index contributed by atoms with van der Waals surface area (Å²) in [6.45, 7) is 0. The molecule has 2 heterocycles. The van der Waals surface area contributed by atoms with Crippen LogP contribution in [-0.4, -0.2) is 0 Å². The maximum absolute atomic E-state index is 6.33. The molecule has 0 N–H and O–H groups in total. The molecule has 13 aromatic rings. The Morgan fingerprint density at radius 3 is 1.59 bits per heavy atom. The zero-order valence-electron chi connectivity index (χ0n) is 38.1. The fourth-order valence-corrected chi connectivity index (χ4v) is 12.8. The number of anilines is 3. The number of nitrogens with zero attached hydrogens (tertiary/aromatic N) is 1. The maximum Gasteiger partial charge on any atom is 0.136 e. The van der Waals surface area contributed by atoms with Crippen molar-refractivity contribution >= 4 is 70.5 Å². The molecule has 0 atom stereocenters. The van der Waals surface area contributed by atoms with Gasteiger partial charge >= 0.3 is 0 Å². The van der Waals surface area contributed by atoms with Crippen molar-refractivity contribution in [3.63, 3.8) is 0 Å². The van der Waals surface area contributed by atoms with Crippen LogP contribution in [0.3, 0.4) is 0 Å². The summed E-state index contributed by atoms with van der Waals surface area (Å²) in [5, 5.41) is 4.90. The van der Waals surface area contributed by atoms with Gasteiger partial charge in [-0.15, -0.1) is 11.3 Å². The first-order valence-electron chi connectivity index (χ1n) is 24.0. The topological polar surface area (TPSA) is 16.4 Å². The normalized spacial score (nSPS) is 12.7. The summed E-state index contributed by atoms with van der Waals surface area (Å²) < 4.78 is 8.99. The highest BCUT2D eigenvalue weighted by Crippen LogP contribution is 2.59. The first-order valence-corrected chi connectivity index (χ1v) is 24.8. The van der Waals surface area contributed by atoms with E-state index in [-0.39, 0.29) is 0 Å². The number of fused-ring (bicyclic) bond motifs is 9. The fraction of sp³-hybridized carbons (Fsp3) is 0.0149. The van der Waals surface area contributed by atoms with Gasteiger partial charge in [-0.2, -0.15) is 0 Å². The molecule has 2 nitrogen and oxygen atoms in total. The van der Waals surface area contributed by atoms with Crippen LogP contribution in [0.1, 0.15) is 22.3 Å². The van der Waals surface area contributed by atoms with Gasteiger partial charge in [-0.05, 0) is 110 Å². The molecule has 14 rings (SSSR count). The van der Waals surface area contributed by atoms with Crippen LogP contribution in [-0.2, 0) is 5.41 Å². The summed E-state index contributed by atoms with van der Waals surface area (Å²) in [5.41, 5.74) is 19.2. The van der Waals surface area contributed by atoms with Crippen molar-refractivity contribution < 1.29 is 4.42 Å². The molecule has 0 amide bonds. The lowest BCUT2D eigenvalue weighted by Gasteiger charge is -2.34. The quantitative estimate of drug-likeness (QED) is 0.151. The van der Waals surface area contributed by atoms with Gasteiger partial charge in [0.1, 0.15) is 11.2 Å². The summed E-state index contributed by atoms with van der Waals surface area (Å²) in [6.07, 6.45) is 0. The van der Waals surface area contributed by atoms with Crippen LogP contribution in [0, 0.1) is 0 Å². The van der Waals surface area contributed by atoms with Crippen molar-refractivity contribution in [2.24, 2.45) is 0 Å². The molecule has 0 radical (unpaired) electrons. The standard InChI is InChI=1S/C67H43NOS/c1-3-16-48(17-4-1)67(49-18-5-2-6-19-49)58-26-10-7-21-56(58)65-59(67)27-15-28-60(65)68(51-42-38-46(39-43-51)52-23-14-30-62-64(52)57-22-8-11-29-61(57)69-62)50-40-36-45(37-41-50)44-32-34-47(35-33-44)53-24-13-25-55-54-20-9-12-31-63(54)70-66(53)55/h1-43H. The van der Waals surface area contributed by atoms with E-state index in [0.717, 1.165) is 50.1 Å². The molecule has 0 saturated carbocycles. The number of benzene rings is 11. The van der Waals surface area contributed by atoms with Gasteiger partial charge in [0.05, 0.1) is 11.1 Å². The molecule has 328 valence electrons. The Balaban J connectivity index is 0.916. The van der Waals surface area contributed by atoms with Crippen LogP contribution in [0.2, 0.25) is 0 Å². The Labute approximate surface area is 410 Å². The molecule has 2 aromatic heterocycles. The molecule has 0 bridgehead atoms. The highest BCUT2D eigenvalue weighted by atomic mass is 32.1. The zero-order valence-corrected chi connectivity index (χ0v) is 38.9. The van der Waals surface area contributed by atoms with E-state index in [9.17, 15) is 0 Å². The number of furan rings is 1. The minimum atomic E-state index is -0.523. The second-order valence-corrected chi connectivity index (χ2v) is 19.3. The molecule has 70 heavy (non-hydrogen) atoms. The number of para-hydroxylation sites is 1. The SMILES string of the molecule is c1ccc(C2(c3ccccc3)c3ccccc3-c3c(N(c4ccc(-c5ccc(-c6cccc7c6sc6ccccc67)cc5)cc4)c4ccc(-c5cccc6oc7ccccc7c56)cc4)cccc32)cc1. The monoisotopic (exact) mass is 909 g/mol. The second kappa shape index (κ2) is 16.2. The number of hydrogen-bond acceptors (Lipinski definition) is 3. The van der Waals surface area contributed by atoms with Gasteiger partial charge in [-0.1, -0.05) is 212 Å². The van der Waals surface area contributed by atoms with Crippen LogP contribution < -0.4 is 4.90 Å². The van der Waals surface area contributed by atoms with Crippen LogP contribution in [0.15, 0.2) is 265 Å². The van der Waals surface area contributed by atoms with Crippen LogP contribution in [0.4, 0.5) is 17.1 Å². The Morgan fingerprint density at radius 1 is 0.343 bits per heavy atom. The van der Waals surface area contributed by atoms with Crippen LogP contribution in [0.25, 0.3) is 86.6 Å². The van der Waals surface area contributed by atoms with Crippen molar-refractivity contribution in [2.45, 2.75) is 5.41 Å². The number of hydrogen-bond donors (Lipinski definition) is 0. The van der Waals surface area contributed by atoms with Crippen molar-refractivity contribution in [1.82, 2.24) is 0 Å². The average Bonchev–Trinajstić information content (AvgIpc) is 4.11. The van der Waals surface area contributed by atoms with Gasteiger partial charge in [0.2, 0.25) is 0 Å². The van der Waals surface area contributed by atoms with Crippen LogP contribution in [0.5, 0.6) is 0 Å². The lowest BCUT2D eigenvalue weighted by Crippen LogP contribution is -2.28. The third kappa shape index (κ3) is 6.19. The van der Waals surface area contributed by atoms with Gasteiger partial charge in [0, 0.05) is 47.9 Å². The van der Waals surface area contributed by atoms with Gasteiger partial charge in [0.25, 0.3) is 0 Å². The number of rotatable bonds is 8. The van der Waals surface area contributed by atoms with Gasteiger partial charge < -0.3 is 9.32 Å². The van der Waals surface area contributed by atoms with E-state index in [2.05, 4.69) is 260 Å². The van der Waals surface area contributed by atoms with E-state index in [1.807, 2.05) is 17.4 Å². The summed E-state index contributed by atoms with van der Waals surface area (Å²) >= 11 is 1.88. The third-order valence-electron chi connectivity index (χ3n) is 14.6. The summed E-state index contributed by atoms with van der Waals surface area (Å²) in [6, 6.07) is 95.5. The van der Waals surface area contributed by atoms with E-state index in [4.69, 9.17) is 4.42 Å². The first kappa shape index (κ1) is 40.3. The summed E-state index contributed by atoms with van der Waals surface area (Å²) in [7, 11) is 0. The van der Waals surface area contributed by atoms with E-state index in [1.165, 1.54) is 75.8 Å². The van der Waals surface area contributed by atoms with Gasteiger partial charge in [-0.25, -0.2) is 0 Å². The Bertz CT molecular complexity index is 4050. The molecule has 3 heteroatoms. The van der Waals surface area contributed by atoms with Crippen molar-refractivity contribution in [3.05, 3.63) is 283 Å². The zero-order chi connectivity index (χ0) is 46.2. The van der Waals surface area contributed by atoms with Crippen molar-refractivity contribution in [3.8, 4) is 44.5 Å². The second-order valence-electron chi connectivity index (χ2n) is 18.3. The Morgan fingerprint density at radius 2 is 0.843 bits per heavy atom. The summed E-state index contributed by atoms with van der Waals surface area (Å²) in [5.74, 6) is 0. The molecule has 1 aliphatic rings. The predicted octanol–water partition coefficient (Wildman–Crippen LogP) is 18.8. The van der Waals surface area contributed by atoms with E-state index >= 15 is 0 Å². The maximum atomic E-state index is 6.33. The molecule has 1 aliphatic carbocycles. The highest BCUT2D eigenvalue weighted by molar-refractivity contribution is 7.26. The molecule has 0 saturated heterocycles. The first-order chi connectivity index (χ1) is 34.7. The molecular weight excluding hydrogens is 867 g/mol. The lowest BCUT2D eigenvalue weighted by molar-refractivity contribution is 0.669. The smallest absolute Gasteiger partial charge is 0.136 e. The minimum absolute atomic E-state index is 0.523. The lowest BCUT2D eigenvalue weighted by atomic mass is 9.68. The molecule has 11 aromatic carbocycles. The Kier molecular flexibility index (Phi) is 9.33. The van der Waals surface area contributed by atoms with Gasteiger partial charge in [-0.3, -0.25) is 0 Å². The fourth-order valence-electron chi connectivity index (χ4n) is 11.5. The van der Waals surface area contributed by atoms with Gasteiger partial charge in [0.15, 0.2) is 0 Å². The third-order valence-corrected chi connectivity index (χ3v) is 15.8. The minimum Gasteiger partial charge on any atom is -0.456 e. The molecule has 0 aliphatic heterocycles. The molecule has 0 fully saturated rings. The molecular formula is C67H43NOS. The van der Waals surface area contributed by atoms with Crippen molar-refractivity contribution in [2.75, 3.05) is 4.90 Å². The molecule has 0 spiro atoms.